The fourth-order valence-electron chi connectivity index (χ4n) is 2.81. The first-order valence-corrected chi connectivity index (χ1v) is 8.48. The average Bonchev–Trinajstić information content (AvgIpc) is 2.51. The first kappa shape index (κ1) is 14.2. The smallest absolute Gasteiger partial charge is 0.251 e. The number of benzene rings is 2. The Balaban J connectivity index is 1.79. The zero-order valence-electron chi connectivity index (χ0n) is 12.1. The van der Waals surface area contributed by atoms with E-state index in [2.05, 4.69) is 17.4 Å². The van der Waals surface area contributed by atoms with Gasteiger partial charge in [0.15, 0.2) is 0 Å². The van der Waals surface area contributed by atoms with Gasteiger partial charge in [0.1, 0.15) is 0 Å². The van der Waals surface area contributed by atoms with Crippen LogP contribution in [-0.4, -0.2) is 12.2 Å². The molecule has 0 atom stereocenters. The highest BCUT2D eigenvalue weighted by Gasteiger charge is 2.39. The Labute approximate surface area is 130 Å². The van der Waals surface area contributed by atoms with Gasteiger partial charge >= 0.3 is 0 Å². The van der Waals surface area contributed by atoms with E-state index in [1.165, 1.54) is 16.9 Å². The molecule has 0 bridgehead atoms. The summed E-state index contributed by atoms with van der Waals surface area (Å²) in [6.45, 7) is 0. The van der Waals surface area contributed by atoms with Crippen LogP contribution < -0.4 is 5.32 Å². The Hall–Kier alpha value is -1.74. The predicted molar refractivity (Wildman–Crippen MR) is 87.7 cm³/mol. The van der Waals surface area contributed by atoms with Crippen molar-refractivity contribution in [2.24, 2.45) is 0 Å². The third kappa shape index (κ3) is 2.84. The summed E-state index contributed by atoms with van der Waals surface area (Å²) < 4.78 is 0. The van der Waals surface area contributed by atoms with Crippen LogP contribution in [0.25, 0.3) is 0 Å². The van der Waals surface area contributed by atoms with Gasteiger partial charge in [0.05, 0.1) is 5.54 Å². The molecular formula is C18H19NOS. The van der Waals surface area contributed by atoms with Crippen LogP contribution in [0.15, 0.2) is 59.5 Å². The minimum atomic E-state index is -0.170. The van der Waals surface area contributed by atoms with Gasteiger partial charge in [-0.05, 0) is 55.3 Å². The number of hydrogen-bond acceptors (Lipinski definition) is 2. The highest BCUT2D eigenvalue weighted by molar-refractivity contribution is 7.98. The summed E-state index contributed by atoms with van der Waals surface area (Å²) >= 11 is 1.68. The van der Waals surface area contributed by atoms with E-state index < -0.39 is 0 Å². The second-order valence-electron chi connectivity index (χ2n) is 5.48. The minimum absolute atomic E-state index is 0.0196. The lowest BCUT2D eigenvalue weighted by Crippen LogP contribution is -2.50. The highest BCUT2D eigenvalue weighted by atomic mass is 32.2. The van der Waals surface area contributed by atoms with Crippen molar-refractivity contribution in [2.75, 3.05) is 6.26 Å². The summed E-state index contributed by atoms with van der Waals surface area (Å²) in [7, 11) is 0. The lowest BCUT2D eigenvalue weighted by atomic mass is 9.71. The van der Waals surface area contributed by atoms with E-state index in [1.54, 1.807) is 11.8 Å². The summed E-state index contributed by atoms with van der Waals surface area (Å²) in [6, 6.07) is 18.1. The summed E-state index contributed by atoms with van der Waals surface area (Å²) in [5.74, 6) is 0.0196. The zero-order valence-corrected chi connectivity index (χ0v) is 13.0. The second kappa shape index (κ2) is 5.94. The van der Waals surface area contributed by atoms with Gasteiger partial charge in [0.2, 0.25) is 0 Å². The topological polar surface area (TPSA) is 29.1 Å². The second-order valence-corrected chi connectivity index (χ2v) is 6.36. The molecule has 1 saturated carbocycles. The van der Waals surface area contributed by atoms with E-state index in [-0.39, 0.29) is 11.4 Å². The van der Waals surface area contributed by atoms with Crippen LogP contribution in [0.4, 0.5) is 0 Å². The number of carbonyl (C=O) groups excluding carboxylic acids is 1. The number of nitrogens with one attached hydrogen (secondary N) is 1. The van der Waals surface area contributed by atoms with Gasteiger partial charge in [0, 0.05) is 10.5 Å². The standard InChI is InChI=1S/C18H19NOS/c1-21-16-10-8-14(9-11-16)17(20)19-18(12-5-13-18)15-6-3-2-4-7-15/h2-4,6-11H,5,12-13H2,1H3,(H,19,20). The van der Waals surface area contributed by atoms with Gasteiger partial charge in [-0.25, -0.2) is 0 Å². The number of amides is 1. The zero-order chi connectivity index (χ0) is 14.7. The summed E-state index contributed by atoms with van der Waals surface area (Å²) in [6.07, 6.45) is 5.24. The first-order valence-electron chi connectivity index (χ1n) is 7.26. The molecule has 1 aliphatic carbocycles. The molecule has 2 aromatic rings. The van der Waals surface area contributed by atoms with Crippen molar-refractivity contribution in [3.8, 4) is 0 Å². The largest absolute Gasteiger partial charge is 0.343 e. The molecule has 2 aromatic carbocycles. The Bertz CT molecular complexity index is 617. The maximum absolute atomic E-state index is 12.5. The van der Waals surface area contributed by atoms with Crippen molar-refractivity contribution < 1.29 is 4.79 Å². The van der Waals surface area contributed by atoms with Gasteiger partial charge < -0.3 is 5.32 Å². The van der Waals surface area contributed by atoms with E-state index >= 15 is 0 Å². The van der Waals surface area contributed by atoms with Crippen LogP contribution in [-0.2, 0) is 5.54 Å². The molecule has 2 nitrogen and oxygen atoms in total. The molecule has 1 aliphatic rings. The molecule has 0 saturated heterocycles. The van der Waals surface area contributed by atoms with Crippen LogP contribution in [0.2, 0.25) is 0 Å². The maximum Gasteiger partial charge on any atom is 0.251 e. The van der Waals surface area contributed by atoms with E-state index in [0.29, 0.717) is 0 Å². The average molecular weight is 297 g/mol. The molecule has 0 heterocycles. The Morgan fingerprint density at radius 1 is 1.05 bits per heavy atom. The lowest BCUT2D eigenvalue weighted by Gasteiger charge is -2.43. The van der Waals surface area contributed by atoms with Crippen LogP contribution in [0.1, 0.15) is 35.2 Å². The maximum atomic E-state index is 12.5. The highest BCUT2D eigenvalue weighted by Crippen LogP contribution is 2.41. The van der Waals surface area contributed by atoms with Gasteiger partial charge in [-0.15, -0.1) is 11.8 Å². The van der Waals surface area contributed by atoms with E-state index in [4.69, 9.17) is 0 Å². The van der Waals surface area contributed by atoms with E-state index in [1.807, 2.05) is 48.7 Å². The number of carbonyl (C=O) groups is 1. The van der Waals surface area contributed by atoms with Crippen molar-refractivity contribution in [1.29, 1.82) is 0 Å². The summed E-state index contributed by atoms with van der Waals surface area (Å²) in [5.41, 5.74) is 1.77. The monoisotopic (exact) mass is 297 g/mol. The SMILES string of the molecule is CSc1ccc(C(=O)NC2(c3ccccc3)CCC2)cc1. The van der Waals surface area contributed by atoms with Gasteiger partial charge in [-0.1, -0.05) is 30.3 Å². The van der Waals surface area contributed by atoms with Crippen LogP contribution in [0.3, 0.4) is 0 Å². The summed E-state index contributed by atoms with van der Waals surface area (Å²) in [5, 5.41) is 3.25. The normalized spacial score (nSPS) is 16.0. The third-order valence-electron chi connectivity index (χ3n) is 4.24. The lowest BCUT2D eigenvalue weighted by molar-refractivity contribution is 0.0823. The Kier molecular flexibility index (Phi) is 4.02. The van der Waals surface area contributed by atoms with E-state index in [9.17, 15) is 4.79 Å². The fraction of sp³-hybridized carbons (Fsp3) is 0.278. The van der Waals surface area contributed by atoms with Crippen LogP contribution >= 0.6 is 11.8 Å². The predicted octanol–water partition coefficient (Wildman–Crippen LogP) is 4.22. The van der Waals surface area contributed by atoms with Crippen molar-refractivity contribution >= 4 is 17.7 Å². The quantitative estimate of drug-likeness (QED) is 0.856. The molecule has 1 N–H and O–H groups in total. The number of thioether (sulfide) groups is 1. The molecule has 3 rings (SSSR count). The molecule has 21 heavy (non-hydrogen) atoms. The Morgan fingerprint density at radius 2 is 1.71 bits per heavy atom. The molecule has 108 valence electrons. The van der Waals surface area contributed by atoms with Crippen molar-refractivity contribution in [3.05, 3.63) is 65.7 Å². The van der Waals surface area contributed by atoms with E-state index in [0.717, 1.165) is 18.4 Å². The molecular weight excluding hydrogens is 278 g/mol. The van der Waals surface area contributed by atoms with Crippen molar-refractivity contribution in [3.63, 3.8) is 0 Å². The van der Waals surface area contributed by atoms with Gasteiger partial charge in [-0.3, -0.25) is 4.79 Å². The molecule has 0 spiro atoms. The molecule has 3 heteroatoms. The molecule has 1 amide bonds. The van der Waals surface area contributed by atoms with Crippen molar-refractivity contribution in [2.45, 2.75) is 29.7 Å². The van der Waals surface area contributed by atoms with Gasteiger partial charge in [0.25, 0.3) is 5.91 Å². The van der Waals surface area contributed by atoms with Crippen molar-refractivity contribution in [1.82, 2.24) is 5.32 Å². The van der Waals surface area contributed by atoms with Gasteiger partial charge in [-0.2, -0.15) is 0 Å². The molecule has 1 fully saturated rings. The molecule has 0 aromatic heterocycles. The number of hydrogen-bond donors (Lipinski definition) is 1. The minimum Gasteiger partial charge on any atom is -0.343 e. The summed E-state index contributed by atoms with van der Waals surface area (Å²) in [4.78, 5) is 13.7. The fourth-order valence-corrected chi connectivity index (χ4v) is 3.21. The van der Waals surface area contributed by atoms with Crippen LogP contribution in [0.5, 0.6) is 0 Å². The molecule has 0 radical (unpaired) electrons. The van der Waals surface area contributed by atoms with Crippen LogP contribution in [0, 0.1) is 0 Å². The molecule has 0 aliphatic heterocycles. The molecule has 0 unspecified atom stereocenters. The third-order valence-corrected chi connectivity index (χ3v) is 4.98. The Morgan fingerprint density at radius 3 is 2.24 bits per heavy atom. The first-order chi connectivity index (χ1) is 10.2. The number of rotatable bonds is 4.